The fourth-order valence-electron chi connectivity index (χ4n) is 1.73. The molecular weight excluding hydrogens is 266 g/mol. The number of hydrogen-bond donors (Lipinski definition) is 2. The van der Waals surface area contributed by atoms with Gasteiger partial charge in [0.05, 0.1) is 18.7 Å². The van der Waals surface area contributed by atoms with Gasteiger partial charge in [0.25, 0.3) is 0 Å². The van der Waals surface area contributed by atoms with Gasteiger partial charge in [-0.3, -0.25) is 0 Å². The van der Waals surface area contributed by atoms with Crippen LogP contribution in [0.1, 0.15) is 11.1 Å². The second kappa shape index (κ2) is 6.96. The third-order valence-electron chi connectivity index (χ3n) is 2.88. The van der Waals surface area contributed by atoms with Crippen molar-refractivity contribution in [3.05, 3.63) is 59.7 Å². The molecule has 0 aliphatic rings. The highest BCUT2D eigenvalue weighted by atomic mass is 16.5. The quantitative estimate of drug-likeness (QED) is 0.905. The molecule has 0 saturated heterocycles. The zero-order chi connectivity index (χ0) is 15.1. The van der Waals surface area contributed by atoms with Crippen LogP contribution < -0.4 is 15.4 Å². The summed E-state index contributed by atoms with van der Waals surface area (Å²) in [6.45, 7) is 0.397. The van der Waals surface area contributed by atoms with Crippen molar-refractivity contribution in [1.82, 2.24) is 5.32 Å². The molecule has 0 aromatic heterocycles. The minimum atomic E-state index is -0.287. The van der Waals surface area contributed by atoms with Gasteiger partial charge >= 0.3 is 6.03 Å². The van der Waals surface area contributed by atoms with E-state index in [1.807, 2.05) is 12.1 Å². The van der Waals surface area contributed by atoms with E-state index in [0.717, 1.165) is 11.3 Å². The lowest BCUT2D eigenvalue weighted by Gasteiger charge is -2.08. The molecule has 0 aliphatic carbocycles. The largest absolute Gasteiger partial charge is 0.497 e. The molecule has 0 atom stereocenters. The van der Waals surface area contributed by atoms with Crippen molar-refractivity contribution in [2.24, 2.45) is 0 Å². The zero-order valence-corrected chi connectivity index (χ0v) is 11.6. The van der Waals surface area contributed by atoms with Crippen LogP contribution in [0.25, 0.3) is 0 Å². The number of nitrogens with zero attached hydrogens (tertiary/aromatic N) is 1. The number of rotatable bonds is 4. The van der Waals surface area contributed by atoms with E-state index < -0.39 is 0 Å². The number of carbonyl (C=O) groups is 1. The molecule has 2 aromatic carbocycles. The summed E-state index contributed by atoms with van der Waals surface area (Å²) in [5, 5.41) is 14.2. The first kappa shape index (κ1) is 14.4. The van der Waals surface area contributed by atoms with E-state index in [2.05, 4.69) is 16.7 Å². The van der Waals surface area contributed by atoms with Crippen molar-refractivity contribution in [1.29, 1.82) is 5.26 Å². The van der Waals surface area contributed by atoms with Crippen LogP contribution >= 0.6 is 0 Å². The van der Waals surface area contributed by atoms with Crippen molar-refractivity contribution < 1.29 is 9.53 Å². The second-order valence-corrected chi connectivity index (χ2v) is 4.34. The first-order valence-corrected chi connectivity index (χ1v) is 6.39. The van der Waals surface area contributed by atoms with Crippen molar-refractivity contribution in [3.8, 4) is 11.8 Å². The fourth-order valence-corrected chi connectivity index (χ4v) is 1.73. The van der Waals surface area contributed by atoms with Crippen LogP contribution in [0.4, 0.5) is 10.5 Å². The molecule has 0 fully saturated rings. The third-order valence-corrected chi connectivity index (χ3v) is 2.88. The van der Waals surface area contributed by atoms with E-state index in [9.17, 15) is 4.79 Å². The molecule has 106 valence electrons. The molecule has 0 saturated carbocycles. The molecule has 5 nitrogen and oxygen atoms in total. The van der Waals surface area contributed by atoms with Crippen molar-refractivity contribution in [2.75, 3.05) is 12.4 Å². The maximum atomic E-state index is 11.8. The van der Waals surface area contributed by atoms with Crippen molar-refractivity contribution >= 4 is 11.7 Å². The van der Waals surface area contributed by atoms with E-state index in [-0.39, 0.29) is 6.03 Å². The molecule has 2 N–H and O–H groups in total. The summed E-state index contributed by atoms with van der Waals surface area (Å²) in [5.41, 5.74) is 2.22. The van der Waals surface area contributed by atoms with Crippen LogP contribution in [0.5, 0.6) is 5.75 Å². The maximum absolute atomic E-state index is 11.8. The number of benzene rings is 2. The number of nitriles is 1. The molecule has 0 heterocycles. The van der Waals surface area contributed by atoms with Crippen LogP contribution in [-0.2, 0) is 6.54 Å². The number of urea groups is 1. The number of carbonyl (C=O) groups excluding carboxylic acids is 1. The highest BCUT2D eigenvalue weighted by molar-refractivity contribution is 5.89. The molecule has 0 spiro atoms. The maximum Gasteiger partial charge on any atom is 0.319 e. The summed E-state index contributed by atoms with van der Waals surface area (Å²) in [5.74, 6) is 0.735. The molecule has 0 aliphatic heterocycles. The topological polar surface area (TPSA) is 74.2 Å². The molecule has 0 unspecified atom stereocenters. The third kappa shape index (κ3) is 4.25. The van der Waals surface area contributed by atoms with Crippen molar-refractivity contribution in [2.45, 2.75) is 6.54 Å². The van der Waals surface area contributed by atoms with Crippen LogP contribution in [0.15, 0.2) is 48.5 Å². The lowest BCUT2D eigenvalue weighted by Crippen LogP contribution is -2.28. The van der Waals surface area contributed by atoms with Crippen LogP contribution in [0.2, 0.25) is 0 Å². The van der Waals surface area contributed by atoms with Gasteiger partial charge in [-0.1, -0.05) is 12.1 Å². The average molecular weight is 281 g/mol. The lowest BCUT2D eigenvalue weighted by molar-refractivity contribution is 0.251. The van der Waals surface area contributed by atoms with E-state index in [1.54, 1.807) is 43.5 Å². The average Bonchev–Trinajstić information content (AvgIpc) is 2.54. The molecule has 2 aromatic rings. The Balaban J connectivity index is 1.84. The lowest BCUT2D eigenvalue weighted by atomic mass is 10.1. The Bertz CT molecular complexity index is 643. The summed E-state index contributed by atoms with van der Waals surface area (Å²) < 4.78 is 5.05. The van der Waals surface area contributed by atoms with Gasteiger partial charge in [-0.15, -0.1) is 0 Å². The molecule has 5 heteroatoms. The number of methoxy groups -OCH3 is 1. The highest BCUT2D eigenvalue weighted by Crippen LogP contribution is 2.14. The van der Waals surface area contributed by atoms with E-state index in [0.29, 0.717) is 17.8 Å². The Hall–Kier alpha value is -3.00. The molecule has 0 bridgehead atoms. The van der Waals surface area contributed by atoms with Gasteiger partial charge in [0.1, 0.15) is 5.75 Å². The van der Waals surface area contributed by atoms with Gasteiger partial charge in [0.15, 0.2) is 0 Å². The standard InChI is InChI=1S/C16H15N3O2/c1-21-15-8-6-14(7-9-15)19-16(20)18-11-13-4-2-12(10-17)3-5-13/h2-9H,11H2,1H3,(H2,18,19,20). The van der Waals surface area contributed by atoms with Crippen LogP contribution in [-0.4, -0.2) is 13.1 Å². The van der Waals surface area contributed by atoms with Gasteiger partial charge in [0, 0.05) is 12.2 Å². The van der Waals surface area contributed by atoms with Crippen LogP contribution in [0, 0.1) is 11.3 Å². The number of nitrogens with one attached hydrogen (secondary N) is 2. The predicted octanol–water partition coefficient (Wildman–Crippen LogP) is 2.89. The smallest absolute Gasteiger partial charge is 0.319 e. The van der Waals surface area contributed by atoms with Gasteiger partial charge in [-0.2, -0.15) is 5.26 Å². The van der Waals surface area contributed by atoms with Crippen molar-refractivity contribution in [3.63, 3.8) is 0 Å². The predicted molar refractivity (Wildman–Crippen MR) is 80.0 cm³/mol. The first-order valence-electron chi connectivity index (χ1n) is 6.39. The van der Waals surface area contributed by atoms with Gasteiger partial charge in [-0.05, 0) is 42.0 Å². The Morgan fingerprint density at radius 1 is 1.14 bits per heavy atom. The minimum absolute atomic E-state index is 0.287. The van der Waals surface area contributed by atoms with E-state index >= 15 is 0 Å². The number of hydrogen-bond acceptors (Lipinski definition) is 3. The normalized spacial score (nSPS) is 9.52. The minimum Gasteiger partial charge on any atom is -0.497 e. The fraction of sp³-hybridized carbons (Fsp3) is 0.125. The zero-order valence-electron chi connectivity index (χ0n) is 11.6. The highest BCUT2D eigenvalue weighted by Gasteiger charge is 2.02. The summed E-state index contributed by atoms with van der Waals surface area (Å²) in [6.07, 6.45) is 0. The Morgan fingerprint density at radius 2 is 1.81 bits per heavy atom. The first-order chi connectivity index (χ1) is 10.2. The summed E-state index contributed by atoms with van der Waals surface area (Å²) in [6, 6.07) is 15.9. The van der Waals surface area contributed by atoms with E-state index in [4.69, 9.17) is 10.00 Å². The van der Waals surface area contributed by atoms with Crippen LogP contribution in [0.3, 0.4) is 0 Å². The number of ether oxygens (including phenoxy) is 1. The molecule has 0 radical (unpaired) electrons. The Labute approximate surface area is 123 Å². The molecule has 21 heavy (non-hydrogen) atoms. The monoisotopic (exact) mass is 281 g/mol. The van der Waals surface area contributed by atoms with Gasteiger partial charge < -0.3 is 15.4 Å². The summed E-state index contributed by atoms with van der Waals surface area (Å²) >= 11 is 0. The number of anilines is 1. The summed E-state index contributed by atoms with van der Waals surface area (Å²) in [4.78, 5) is 11.8. The molecular formula is C16H15N3O2. The summed E-state index contributed by atoms with van der Waals surface area (Å²) in [7, 11) is 1.59. The van der Waals surface area contributed by atoms with Gasteiger partial charge in [-0.25, -0.2) is 4.79 Å². The second-order valence-electron chi connectivity index (χ2n) is 4.34. The molecule has 2 rings (SSSR count). The molecule has 2 amide bonds. The Kier molecular flexibility index (Phi) is 4.78. The van der Waals surface area contributed by atoms with Gasteiger partial charge in [0.2, 0.25) is 0 Å². The van der Waals surface area contributed by atoms with E-state index in [1.165, 1.54) is 0 Å². The number of amides is 2. The Morgan fingerprint density at radius 3 is 2.38 bits per heavy atom. The SMILES string of the molecule is COc1ccc(NC(=O)NCc2ccc(C#N)cc2)cc1.